The SMILES string of the molecule is COCC1(C(=O)O)CCN(C(=O)CCc2ccc(C(C)(C)C)cc2)C1. The van der Waals surface area contributed by atoms with Gasteiger partial charge in [0.25, 0.3) is 0 Å². The number of carboxylic acids is 1. The number of benzene rings is 1. The van der Waals surface area contributed by atoms with Crippen LogP contribution < -0.4 is 0 Å². The highest BCUT2D eigenvalue weighted by Crippen LogP contribution is 2.31. The van der Waals surface area contributed by atoms with Gasteiger partial charge in [0.1, 0.15) is 5.41 Å². The summed E-state index contributed by atoms with van der Waals surface area (Å²) in [6.07, 6.45) is 1.52. The second kappa shape index (κ2) is 7.56. The highest BCUT2D eigenvalue weighted by atomic mass is 16.5. The van der Waals surface area contributed by atoms with Crippen molar-refractivity contribution in [3.05, 3.63) is 35.4 Å². The topological polar surface area (TPSA) is 66.8 Å². The zero-order valence-corrected chi connectivity index (χ0v) is 15.7. The van der Waals surface area contributed by atoms with Crippen molar-refractivity contribution in [1.29, 1.82) is 0 Å². The predicted octanol–water partition coefficient (Wildman–Crippen LogP) is 2.87. The molecule has 25 heavy (non-hydrogen) atoms. The summed E-state index contributed by atoms with van der Waals surface area (Å²) in [6.45, 7) is 7.38. The maximum atomic E-state index is 12.5. The van der Waals surface area contributed by atoms with E-state index >= 15 is 0 Å². The normalized spacial score (nSPS) is 20.7. The monoisotopic (exact) mass is 347 g/mol. The zero-order chi connectivity index (χ0) is 18.7. The molecule has 1 heterocycles. The highest BCUT2D eigenvalue weighted by molar-refractivity contribution is 5.81. The van der Waals surface area contributed by atoms with E-state index in [1.165, 1.54) is 12.7 Å². The maximum absolute atomic E-state index is 12.5. The Kier molecular flexibility index (Phi) is 5.88. The largest absolute Gasteiger partial charge is 0.481 e. The van der Waals surface area contributed by atoms with Crippen LogP contribution in [0.1, 0.15) is 44.7 Å². The first-order chi connectivity index (χ1) is 11.7. The van der Waals surface area contributed by atoms with Crippen LogP contribution in [0.2, 0.25) is 0 Å². The number of hydrogen-bond acceptors (Lipinski definition) is 3. The Morgan fingerprint density at radius 2 is 1.88 bits per heavy atom. The van der Waals surface area contributed by atoms with Crippen molar-refractivity contribution < 1.29 is 19.4 Å². The van der Waals surface area contributed by atoms with Gasteiger partial charge in [-0.1, -0.05) is 45.0 Å². The van der Waals surface area contributed by atoms with Crippen LogP contribution in [0.3, 0.4) is 0 Å². The molecule has 1 atom stereocenters. The molecule has 0 radical (unpaired) electrons. The number of carbonyl (C=O) groups excluding carboxylic acids is 1. The molecule has 1 fully saturated rings. The van der Waals surface area contributed by atoms with Gasteiger partial charge in [-0.2, -0.15) is 0 Å². The standard InChI is InChI=1S/C20H29NO4/c1-19(2,3)16-8-5-15(6-9-16)7-10-17(22)21-12-11-20(13-21,14-25-4)18(23)24/h5-6,8-9H,7,10-14H2,1-4H3,(H,23,24). The van der Waals surface area contributed by atoms with E-state index in [0.29, 0.717) is 25.8 Å². The van der Waals surface area contributed by atoms with E-state index in [2.05, 4.69) is 45.0 Å². The molecule has 0 saturated carbocycles. The van der Waals surface area contributed by atoms with E-state index in [1.54, 1.807) is 4.90 Å². The van der Waals surface area contributed by atoms with E-state index in [4.69, 9.17) is 4.74 Å². The lowest BCUT2D eigenvalue weighted by Crippen LogP contribution is -2.40. The number of carbonyl (C=O) groups is 2. The first-order valence-corrected chi connectivity index (χ1v) is 8.77. The summed E-state index contributed by atoms with van der Waals surface area (Å²) in [5.41, 5.74) is 1.55. The Morgan fingerprint density at radius 1 is 1.24 bits per heavy atom. The third kappa shape index (κ3) is 4.60. The van der Waals surface area contributed by atoms with Gasteiger partial charge in [0, 0.05) is 26.6 Å². The summed E-state index contributed by atoms with van der Waals surface area (Å²) < 4.78 is 5.07. The van der Waals surface area contributed by atoms with Gasteiger partial charge in [-0.3, -0.25) is 9.59 Å². The Bertz CT molecular complexity index is 618. The molecule has 138 valence electrons. The van der Waals surface area contributed by atoms with Crippen LogP contribution in [0.5, 0.6) is 0 Å². The molecule has 1 aliphatic heterocycles. The predicted molar refractivity (Wildman–Crippen MR) is 96.6 cm³/mol. The van der Waals surface area contributed by atoms with Crippen molar-refractivity contribution in [3.63, 3.8) is 0 Å². The van der Waals surface area contributed by atoms with Gasteiger partial charge in [-0.25, -0.2) is 0 Å². The highest BCUT2D eigenvalue weighted by Gasteiger charge is 2.46. The fraction of sp³-hybridized carbons (Fsp3) is 0.600. The summed E-state index contributed by atoms with van der Waals surface area (Å²) in [4.78, 5) is 25.7. The van der Waals surface area contributed by atoms with Crippen LogP contribution in [0.4, 0.5) is 0 Å². The van der Waals surface area contributed by atoms with E-state index < -0.39 is 11.4 Å². The first kappa shape index (κ1) is 19.4. The summed E-state index contributed by atoms with van der Waals surface area (Å²) in [5, 5.41) is 9.48. The molecule has 1 saturated heterocycles. The molecule has 1 aliphatic rings. The van der Waals surface area contributed by atoms with E-state index in [9.17, 15) is 14.7 Å². The summed E-state index contributed by atoms with van der Waals surface area (Å²) in [5.74, 6) is -0.874. The molecule has 1 N–H and O–H groups in total. The minimum Gasteiger partial charge on any atom is -0.481 e. The number of hydrogen-bond donors (Lipinski definition) is 1. The van der Waals surface area contributed by atoms with Gasteiger partial charge in [0.05, 0.1) is 6.61 Å². The number of rotatable bonds is 6. The van der Waals surface area contributed by atoms with Gasteiger partial charge in [0.15, 0.2) is 0 Å². The van der Waals surface area contributed by atoms with Crippen LogP contribution in [-0.2, 0) is 26.2 Å². The van der Waals surface area contributed by atoms with Crippen molar-refractivity contribution in [1.82, 2.24) is 4.90 Å². The quantitative estimate of drug-likeness (QED) is 0.859. The zero-order valence-electron chi connectivity index (χ0n) is 15.7. The first-order valence-electron chi connectivity index (χ1n) is 8.77. The van der Waals surface area contributed by atoms with E-state index in [0.717, 1.165) is 5.56 Å². The molecule has 1 amide bonds. The Balaban J connectivity index is 1.92. The van der Waals surface area contributed by atoms with Gasteiger partial charge >= 0.3 is 5.97 Å². The number of carboxylic acid groups (broad SMARTS) is 1. The number of amides is 1. The van der Waals surface area contributed by atoms with Gasteiger partial charge < -0.3 is 14.7 Å². The molecular weight excluding hydrogens is 318 g/mol. The molecule has 0 spiro atoms. The van der Waals surface area contributed by atoms with Crippen molar-refractivity contribution in [2.45, 2.75) is 45.4 Å². The molecule has 0 bridgehead atoms. The minimum atomic E-state index is -0.960. The second-order valence-corrected chi connectivity index (χ2v) is 8.03. The van der Waals surface area contributed by atoms with Crippen molar-refractivity contribution >= 4 is 11.9 Å². The van der Waals surface area contributed by atoms with Crippen LogP contribution in [0.25, 0.3) is 0 Å². The number of ether oxygens (including phenoxy) is 1. The Hall–Kier alpha value is -1.88. The number of aliphatic carboxylic acids is 1. The number of likely N-dealkylation sites (tertiary alicyclic amines) is 1. The molecule has 2 rings (SSSR count). The molecule has 5 nitrogen and oxygen atoms in total. The van der Waals surface area contributed by atoms with E-state index in [-0.39, 0.29) is 24.5 Å². The molecular formula is C20H29NO4. The lowest BCUT2D eigenvalue weighted by molar-refractivity contribution is -0.151. The maximum Gasteiger partial charge on any atom is 0.313 e. The van der Waals surface area contributed by atoms with Crippen LogP contribution >= 0.6 is 0 Å². The molecule has 0 aliphatic carbocycles. The lowest BCUT2D eigenvalue weighted by atomic mass is 9.86. The number of methoxy groups -OCH3 is 1. The fourth-order valence-electron chi connectivity index (χ4n) is 3.30. The molecule has 1 unspecified atom stereocenters. The van der Waals surface area contributed by atoms with Crippen LogP contribution in [-0.4, -0.2) is 48.7 Å². The number of aryl methyl sites for hydroxylation is 1. The van der Waals surface area contributed by atoms with Crippen LogP contribution in [0.15, 0.2) is 24.3 Å². The Labute approximate surface area is 150 Å². The van der Waals surface area contributed by atoms with Crippen molar-refractivity contribution in [2.24, 2.45) is 5.41 Å². The molecule has 0 aromatic heterocycles. The van der Waals surface area contributed by atoms with Gasteiger partial charge in [-0.15, -0.1) is 0 Å². The summed E-state index contributed by atoms with van der Waals surface area (Å²) in [6, 6.07) is 8.38. The molecule has 5 heteroatoms. The molecule has 1 aromatic carbocycles. The van der Waals surface area contributed by atoms with Crippen LogP contribution in [0, 0.1) is 5.41 Å². The van der Waals surface area contributed by atoms with Crippen molar-refractivity contribution in [3.8, 4) is 0 Å². The lowest BCUT2D eigenvalue weighted by Gasteiger charge is -2.24. The number of nitrogens with zero attached hydrogens (tertiary/aromatic N) is 1. The van der Waals surface area contributed by atoms with E-state index in [1.807, 2.05) is 0 Å². The third-order valence-corrected chi connectivity index (χ3v) is 5.03. The van der Waals surface area contributed by atoms with Crippen molar-refractivity contribution in [2.75, 3.05) is 26.8 Å². The van der Waals surface area contributed by atoms with Gasteiger partial charge in [-0.05, 0) is 29.4 Å². The van der Waals surface area contributed by atoms with Gasteiger partial charge in [0.2, 0.25) is 5.91 Å². The second-order valence-electron chi connectivity index (χ2n) is 8.03. The summed E-state index contributed by atoms with van der Waals surface area (Å²) >= 11 is 0. The smallest absolute Gasteiger partial charge is 0.313 e. The average Bonchev–Trinajstić information content (AvgIpc) is 2.98. The average molecular weight is 347 g/mol. The molecule has 1 aromatic rings. The Morgan fingerprint density at radius 3 is 2.40 bits per heavy atom. The third-order valence-electron chi connectivity index (χ3n) is 5.03. The minimum absolute atomic E-state index is 0.0131. The summed E-state index contributed by atoms with van der Waals surface area (Å²) in [7, 11) is 1.50. The fourth-order valence-corrected chi connectivity index (χ4v) is 3.30.